The molecule has 0 aliphatic rings. The van der Waals surface area contributed by atoms with Crippen LogP contribution in [0.2, 0.25) is 0 Å². The van der Waals surface area contributed by atoms with Gasteiger partial charge in [0.1, 0.15) is 17.8 Å². The van der Waals surface area contributed by atoms with Crippen LogP contribution >= 0.6 is 0 Å². The summed E-state index contributed by atoms with van der Waals surface area (Å²) in [5.74, 6) is -2.04. The Labute approximate surface area is 215 Å². The number of carbonyl (C=O) groups excluding carboxylic acids is 1. The van der Waals surface area contributed by atoms with Crippen molar-refractivity contribution in [3.8, 4) is 5.75 Å². The van der Waals surface area contributed by atoms with Gasteiger partial charge in [0, 0.05) is 29.9 Å². The van der Waals surface area contributed by atoms with Crippen LogP contribution < -0.4 is 16.6 Å². The van der Waals surface area contributed by atoms with Crippen LogP contribution in [0, 0.1) is 0 Å². The van der Waals surface area contributed by atoms with Gasteiger partial charge >= 0.3 is 11.7 Å². The van der Waals surface area contributed by atoms with E-state index in [0.29, 0.717) is 16.6 Å². The molecule has 2 aromatic heterocycles. The van der Waals surface area contributed by atoms with Crippen molar-refractivity contribution in [2.24, 2.45) is 0 Å². The first-order valence-corrected chi connectivity index (χ1v) is 11.9. The molecule has 0 saturated carbocycles. The van der Waals surface area contributed by atoms with Gasteiger partial charge in [-0.2, -0.15) is 0 Å². The lowest BCUT2D eigenvalue weighted by Crippen LogP contribution is -2.50. The topological polar surface area (TPSA) is 157 Å². The molecule has 2 heterocycles. The molecule has 5 N–H and O–H groups in total. The lowest BCUT2D eigenvalue weighted by Gasteiger charge is -2.22. The van der Waals surface area contributed by atoms with Crippen LogP contribution in [0.5, 0.6) is 5.75 Å². The lowest BCUT2D eigenvalue weighted by atomic mass is 10.0. The number of amides is 1. The third-order valence-corrected chi connectivity index (χ3v) is 6.53. The highest BCUT2D eigenvalue weighted by atomic mass is 16.4. The van der Waals surface area contributed by atoms with E-state index in [1.807, 2.05) is 24.3 Å². The molecule has 38 heavy (non-hydrogen) atoms. The third-order valence-electron chi connectivity index (χ3n) is 6.53. The summed E-state index contributed by atoms with van der Waals surface area (Å²) in [6.07, 6.45) is 1.60. The van der Waals surface area contributed by atoms with Crippen LogP contribution in [0.25, 0.3) is 21.8 Å². The van der Waals surface area contributed by atoms with E-state index in [1.54, 1.807) is 42.6 Å². The number of nitrogens with zero attached hydrogens (tertiary/aromatic N) is 1. The third kappa shape index (κ3) is 4.79. The van der Waals surface area contributed by atoms with E-state index >= 15 is 0 Å². The van der Waals surface area contributed by atoms with E-state index in [0.717, 1.165) is 15.5 Å². The van der Waals surface area contributed by atoms with Gasteiger partial charge in [-0.05, 0) is 41.5 Å². The fourth-order valence-electron chi connectivity index (χ4n) is 4.60. The monoisotopic (exact) mass is 512 g/mol. The number of phenolic OH excluding ortho intramolecular Hbond substituents is 1. The summed E-state index contributed by atoms with van der Waals surface area (Å²) in [6.45, 7) is 0. The van der Waals surface area contributed by atoms with E-state index < -0.39 is 35.2 Å². The molecule has 0 aliphatic carbocycles. The van der Waals surface area contributed by atoms with Crippen LogP contribution in [0.4, 0.5) is 0 Å². The number of aliphatic carboxylic acids is 1. The van der Waals surface area contributed by atoms with E-state index in [9.17, 15) is 29.4 Å². The number of aromatic amines is 2. The number of carboxylic acids is 1. The Balaban J connectivity index is 1.56. The molecule has 0 spiro atoms. The zero-order valence-corrected chi connectivity index (χ0v) is 20.0. The van der Waals surface area contributed by atoms with Gasteiger partial charge in [-0.25, -0.2) is 14.2 Å². The maximum atomic E-state index is 13.7. The summed E-state index contributed by atoms with van der Waals surface area (Å²) < 4.78 is 0.846. The molecule has 2 unspecified atom stereocenters. The molecule has 0 aliphatic heterocycles. The summed E-state index contributed by atoms with van der Waals surface area (Å²) in [7, 11) is 0. The summed E-state index contributed by atoms with van der Waals surface area (Å²) in [4.78, 5) is 58.1. The van der Waals surface area contributed by atoms with Crippen molar-refractivity contribution in [3.05, 3.63) is 111 Å². The van der Waals surface area contributed by atoms with Gasteiger partial charge in [-0.3, -0.25) is 9.59 Å². The molecule has 0 radical (unpaired) electrons. The second-order valence-corrected chi connectivity index (χ2v) is 9.00. The SMILES string of the molecule is O=C(O)C(Cc1ccc(O)cc1)NC(=O)C(Cc1c[nH]c2ccccc12)n1c(=O)[nH]c2ccccc2c1=O. The molecule has 192 valence electrons. The number of carboxylic acid groups (broad SMARTS) is 1. The first kappa shape index (κ1) is 24.6. The van der Waals surface area contributed by atoms with Crippen LogP contribution in [-0.2, 0) is 22.4 Å². The molecular formula is C28H24N4O6. The van der Waals surface area contributed by atoms with Gasteiger partial charge in [0.25, 0.3) is 5.56 Å². The van der Waals surface area contributed by atoms with Crippen molar-refractivity contribution in [1.29, 1.82) is 0 Å². The average Bonchev–Trinajstić information content (AvgIpc) is 3.31. The molecule has 0 saturated heterocycles. The summed E-state index contributed by atoms with van der Waals surface area (Å²) >= 11 is 0. The zero-order valence-electron chi connectivity index (χ0n) is 20.0. The predicted molar refractivity (Wildman–Crippen MR) is 141 cm³/mol. The minimum atomic E-state index is -1.34. The fourth-order valence-corrected chi connectivity index (χ4v) is 4.60. The van der Waals surface area contributed by atoms with Crippen molar-refractivity contribution >= 4 is 33.7 Å². The summed E-state index contributed by atoms with van der Waals surface area (Å²) in [5.41, 5.74) is 0.974. The number of aromatic hydroxyl groups is 1. The molecule has 0 bridgehead atoms. The molecule has 3 aromatic carbocycles. The molecule has 1 amide bonds. The molecule has 10 heteroatoms. The number of nitrogens with one attached hydrogen (secondary N) is 3. The predicted octanol–water partition coefficient (Wildman–Crippen LogP) is 2.47. The number of para-hydroxylation sites is 2. The Morgan fingerprint density at radius 3 is 2.24 bits per heavy atom. The summed E-state index contributed by atoms with van der Waals surface area (Å²) in [5, 5.41) is 22.9. The number of fused-ring (bicyclic) bond motifs is 2. The van der Waals surface area contributed by atoms with Crippen molar-refractivity contribution in [2.45, 2.75) is 24.9 Å². The maximum absolute atomic E-state index is 13.7. The van der Waals surface area contributed by atoms with Gasteiger partial charge in [0.2, 0.25) is 5.91 Å². The van der Waals surface area contributed by atoms with Gasteiger partial charge in [-0.15, -0.1) is 0 Å². The number of H-pyrrole nitrogens is 2. The van der Waals surface area contributed by atoms with Gasteiger partial charge in [0.15, 0.2) is 0 Å². The lowest BCUT2D eigenvalue weighted by molar-refractivity contribution is -0.142. The van der Waals surface area contributed by atoms with Gasteiger partial charge in [-0.1, -0.05) is 42.5 Å². The first-order chi connectivity index (χ1) is 18.3. The number of benzene rings is 3. The van der Waals surface area contributed by atoms with Crippen molar-refractivity contribution < 1.29 is 19.8 Å². The van der Waals surface area contributed by atoms with Crippen molar-refractivity contribution in [1.82, 2.24) is 19.9 Å². The largest absolute Gasteiger partial charge is 0.508 e. The Hall–Kier alpha value is -5.12. The van der Waals surface area contributed by atoms with Gasteiger partial charge < -0.3 is 25.5 Å². The zero-order chi connectivity index (χ0) is 26.8. The smallest absolute Gasteiger partial charge is 0.329 e. The number of hydrogen-bond acceptors (Lipinski definition) is 5. The minimum absolute atomic E-state index is 0.0263. The van der Waals surface area contributed by atoms with Crippen LogP contribution in [-0.4, -0.2) is 42.7 Å². The van der Waals surface area contributed by atoms with Crippen LogP contribution in [0.1, 0.15) is 17.2 Å². The number of aromatic nitrogens is 3. The molecule has 5 aromatic rings. The Morgan fingerprint density at radius 2 is 1.53 bits per heavy atom. The second-order valence-electron chi connectivity index (χ2n) is 9.00. The fraction of sp³-hybridized carbons (Fsp3) is 0.143. The highest BCUT2D eigenvalue weighted by Gasteiger charge is 2.30. The van der Waals surface area contributed by atoms with Crippen LogP contribution in [0.3, 0.4) is 0 Å². The number of rotatable bonds is 8. The maximum Gasteiger partial charge on any atom is 0.329 e. The Bertz CT molecular complexity index is 1770. The molecule has 5 rings (SSSR count). The van der Waals surface area contributed by atoms with E-state index in [2.05, 4.69) is 15.3 Å². The normalized spacial score (nSPS) is 12.8. The number of hydrogen-bond donors (Lipinski definition) is 5. The van der Waals surface area contributed by atoms with E-state index in [1.165, 1.54) is 12.1 Å². The highest BCUT2D eigenvalue weighted by molar-refractivity contribution is 5.88. The van der Waals surface area contributed by atoms with E-state index in [-0.39, 0.29) is 24.0 Å². The van der Waals surface area contributed by atoms with Crippen LogP contribution in [0.15, 0.2) is 88.6 Å². The second kappa shape index (κ2) is 10.1. The molecule has 10 nitrogen and oxygen atoms in total. The average molecular weight is 513 g/mol. The minimum Gasteiger partial charge on any atom is -0.508 e. The molecule has 0 fully saturated rings. The van der Waals surface area contributed by atoms with Crippen molar-refractivity contribution in [3.63, 3.8) is 0 Å². The van der Waals surface area contributed by atoms with Gasteiger partial charge in [0.05, 0.1) is 10.9 Å². The number of carbonyl (C=O) groups is 2. The quantitative estimate of drug-likeness (QED) is 0.215. The number of phenols is 1. The Kier molecular flexibility index (Phi) is 6.53. The standard InChI is InChI=1S/C28H24N4O6/c33-18-11-9-16(10-12-18)13-23(27(36)37)30-25(34)24(14-17-15-29-21-7-3-1-5-19(17)21)32-26(35)20-6-2-4-8-22(20)31-28(32)38/h1-12,15,23-24,29,33H,13-14H2,(H,30,34)(H,31,38)(H,36,37). The van der Waals surface area contributed by atoms with Crippen molar-refractivity contribution in [2.75, 3.05) is 0 Å². The van der Waals surface area contributed by atoms with E-state index in [4.69, 9.17) is 0 Å². The summed E-state index contributed by atoms with van der Waals surface area (Å²) in [6, 6.07) is 17.2. The first-order valence-electron chi connectivity index (χ1n) is 11.9. The highest BCUT2D eigenvalue weighted by Crippen LogP contribution is 2.23. The molecule has 2 atom stereocenters. The Morgan fingerprint density at radius 1 is 0.868 bits per heavy atom. The molecular weight excluding hydrogens is 488 g/mol.